The van der Waals surface area contributed by atoms with Crippen molar-refractivity contribution >= 4 is 11.6 Å². The first-order chi connectivity index (χ1) is 12.8. The van der Waals surface area contributed by atoms with E-state index >= 15 is 0 Å². The number of hydrogen-bond acceptors (Lipinski definition) is 3. The monoisotopic (exact) mass is 381 g/mol. The van der Waals surface area contributed by atoms with Gasteiger partial charge in [0.2, 0.25) is 0 Å². The number of benzene rings is 1. The molecule has 1 aromatic heterocycles. The summed E-state index contributed by atoms with van der Waals surface area (Å²) in [6, 6.07) is 9.99. The highest BCUT2D eigenvalue weighted by atomic mass is 19.4. The third kappa shape index (κ3) is 4.87. The number of aromatic nitrogens is 1. The Hall–Kier alpha value is -2.84. The smallest absolute Gasteiger partial charge is 0.370 e. The zero-order valence-electron chi connectivity index (χ0n) is 14.5. The minimum atomic E-state index is -4.48. The van der Waals surface area contributed by atoms with Crippen LogP contribution >= 0.6 is 0 Å². The van der Waals surface area contributed by atoms with Crippen LogP contribution in [-0.4, -0.2) is 42.0 Å². The van der Waals surface area contributed by atoms with Crippen LogP contribution in [0.25, 0.3) is 0 Å². The van der Waals surface area contributed by atoms with Gasteiger partial charge in [0.05, 0.1) is 12.2 Å². The second kappa shape index (κ2) is 7.81. The van der Waals surface area contributed by atoms with Crippen LogP contribution in [0.1, 0.15) is 11.4 Å². The Balaban J connectivity index is 1.57. The van der Waals surface area contributed by atoms with Crippen LogP contribution in [-0.2, 0) is 12.7 Å². The van der Waals surface area contributed by atoms with E-state index in [1.807, 2.05) is 4.90 Å². The number of aliphatic imine (C=N–C) groups is 1. The summed E-state index contributed by atoms with van der Waals surface area (Å²) in [7, 11) is 0. The maximum absolute atomic E-state index is 13.0. The Kier molecular flexibility index (Phi) is 5.48. The van der Waals surface area contributed by atoms with Gasteiger partial charge in [-0.25, -0.2) is 14.4 Å². The normalized spacial score (nSPS) is 15.9. The van der Waals surface area contributed by atoms with Crippen molar-refractivity contribution in [3.05, 3.63) is 59.7 Å². The molecule has 144 valence electrons. The zero-order chi connectivity index (χ0) is 19.4. The van der Waals surface area contributed by atoms with Gasteiger partial charge in [-0.05, 0) is 36.4 Å². The van der Waals surface area contributed by atoms with Crippen molar-refractivity contribution < 1.29 is 17.6 Å². The average Bonchev–Trinajstić information content (AvgIpc) is 2.66. The molecule has 2 heterocycles. The Morgan fingerprint density at radius 3 is 2.33 bits per heavy atom. The molecular weight excluding hydrogens is 362 g/mol. The summed E-state index contributed by atoms with van der Waals surface area (Å²) in [6.07, 6.45) is -4.48. The molecule has 27 heavy (non-hydrogen) atoms. The maximum Gasteiger partial charge on any atom is 0.433 e. The average molecular weight is 381 g/mol. The number of hydrogen-bond donors (Lipinski definition) is 1. The summed E-state index contributed by atoms with van der Waals surface area (Å²) in [5, 5.41) is 0. The summed E-state index contributed by atoms with van der Waals surface area (Å²) < 4.78 is 51.1. The largest absolute Gasteiger partial charge is 0.433 e. The number of nitrogens with zero attached hydrogens (tertiary/aromatic N) is 4. The van der Waals surface area contributed by atoms with Crippen LogP contribution in [0, 0.1) is 5.82 Å². The Morgan fingerprint density at radius 2 is 1.70 bits per heavy atom. The zero-order valence-corrected chi connectivity index (χ0v) is 14.5. The molecule has 1 aromatic carbocycles. The van der Waals surface area contributed by atoms with Gasteiger partial charge in [-0.2, -0.15) is 13.2 Å². The lowest BCUT2D eigenvalue weighted by Crippen LogP contribution is -2.51. The van der Waals surface area contributed by atoms with E-state index in [2.05, 4.69) is 14.9 Å². The predicted molar refractivity (Wildman–Crippen MR) is 94.8 cm³/mol. The fourth-order valence-electron chi connectivity index (χ4n) is 2.83. The lowest BCUT2D eigenvalue weighted by molar-refractivity contribution is -0.141. The molecular formula is C18H19F4N5. The van der Waals surface area contributed by atoms with Gasteiger partial charge in [0.1, 0.15) is 11.5 Å². The highest BCUT2D eigenvalue weighted by molar-refractivity contribution is 5.78. The van der Waals surface area contributed by atoms with Crippen LogP contribution in [0.5, 0.6) is 0 Å². The lowest BCUT2D eigenvalue weighted by Gasteiger charge is -2.36. The van der Waals surface area contributed by atoms with Crippen molar-refractivity contribution in [2.75, 3.05) is 31.1 Å². The topological polar surface area (TPSA) is 57.8 Å². The number of piperazine rings is 1. The van der Waals surface area contributed by atoms with Gasteiger partial charge in [-0.1, -0.05) is 6.07 Å². The summed E-state index contributed by atoms with van der Waals surface area (Å²) in [5.74, 6) is -0.00932. The summed E-state index contributed by atoms with van der Waals surface area (Å²) in [4.78, 5) is 11.7. The number of alkyl halides is 3. The molecule has 2 aromatic rings. The van der Waals surface area contributed by atoms with Gasteiger partial charge in [0.25, 0.3) is 0 Å². The maximum atomic E-state index is 13.0. The molecule has 0 atom stereocenters. The van der Waals surface area contributed by atoms with Crippen LogP contribution in [0.15, 0.2) is 47.5 Å². The molecule has 0 radical (unpaired) electrons. The van der Waals surface area contributed by atoms with E-state index in [0.717, 1.165) is 11.8 Å². The Morgan fingerprint density at radius 1 is 1.04 bits per heavy atom. The van der Waals surface area contributed by atoms with Crippen molar-refractivity contribution in [1.82, 2.24) is 9.88 Å². The van der Waals surface area contributed by atoms with E-state index in [4.69, 9.17) is 5.73 Å². The SMILES string of the molecule is NC(=NCc1cccc(C(F)(F)F)n1)N1CCN(c2ccc(F)cc2)CC1. The number of rotatable bonds is 3. The molecule has 1 aliphatic rings. The van der Waals surface area contributed by atoms with Crippen molar-refractivity contribution in [2.45, 2.75) is 12.7 Å². The molecule has 0 saturated carbocycles. The van der Waals surface area contributed by atoms with E-state index in [0.29, 0.717) is 26.2 Å². The third-order valence-corrected chi connectivity index (χ3v) is 4.30. The lowest BCUT2D eigenvalue weighted by atomic mass is 10.2. The molecule has 0 unspecified atom stereocenters. The Labute approximate surface area is 154 Å². The molecule has 3 rings (SSSR count). The molecule has 0 spiro atoms. The quantitative estimate of drug-likeness (QED) is 0.505. The van der Waals surface area contributed by atoms with Gasteiger partial charge >= 0.3 is 6.18 Å². The van der Waals surface area contributed by atoms with E-state index < -0.39 is 11.9 Å². The fourth-order valence-corrected chi connectivity index (χ4v) is 2.83. The second-order valence-corrected chi connectivity index (χ2v) is 6.14. The van der Waals surface area contributed by atoms with Gasteiger partial charge in [-0.3, -0.25) is 0 Å². The van der Waals surface area contributed by atoms with Crippen LogP contribution in [0.2, 0.25) is 0 Å². The standard InChI is InChI=1S/C18H19F4N5/c19-13-4-6-15(7-5-13)26-8-10-27(11-9-26)17(23)24-12-14-2-1-3-16(25-14)18(20,21)22/h1-7H,8-12H2,(H2,23,24). The van der Waals surface area contributed by atoms with Crippen molar-refractivity contribution in [3.8, 4) is 0 Å². The molecule has 0 aliphatic carbocycles. The number of pyridine rings is 1. The van der Waals surface area contributed by atoms with Gasteiger partial charge in [-0.15, -0.1) is 0 Å². The minimum Gasteiger partial charge on any atom is -0.370 e. The minimum absolute atomic E-state index is 0.0199. The molecule has 5 nitrogen and oxygen atoms in total. The van der Waals surface area contributed by atoms with Crippen molar-refractivity contribution in [2.24, 2.45) is 10.7 Å². The molecule has 9 heteroatoms. The van der Waals surface area contributed by atoms with E-state index in [-0.39, 0.29) is 24.0 Å². The Bertz CT molecular complexity index is 796. The first-order valence-electron chi connectivity index (χ1n) is 8.41. The first kappa shape index (κ1) is 18.9. The molecule has 1 fully saturated rings. The van der Waals surface area contributed by atoms with E-state index in [9.17, 15) is 17.6 Å². The van der Waals surface area contributed by atoms with Gasteiger partial charge in [0.15, 0.2) is 5.96 Å². The van der Waals surface area contributed by atoms with Crippen molar-refractivity contribution in [3.63, 3.8) is 0 Å². The van der Waals surface area contributed by atoms with Crippen LogP contribution in [0.3, 0.4) is 0 Å². The molecule has 0 bridgehead atoms. The fraction of sp³-hybridized carbons (Fsp3) is 0.333. The number of guanidine groups is 1. The third-order valence-electron chi connectivity index (χ3n) is 4.30. The number of anilines is 1. The summed E-state index contributed by atoms with van der Waals surface area (Å²) in [5.41, 5.74) is 6.18. The molecule has 0 amide bonds. The molecule has 2 N–H and O–H groups in total. The van der Waals surface area contributed by atoms with Gasteiger partial charge in [0, 0.05) is 31.9 Å². The predicted octanol–water partition coefficient (Wildman–Crippen LogP) is 2.88. The van der Waals surface area contributed by atoms with Crippen LogP contribution in [0.4, 0.5) is 23.2 Å². The molecule has 1 aliphatic heterocycles. The highest BCUT2D eigenvalue weighted by Gasteiger charge is 2.32. The van der Waals surface area contributed by atoms with Gasteiger partial charge < -0.3 is 15.5 Å². The van der Waals surface area contributed by atoms with E-state index in [1.54, 1.807) is 12.1 Å². The van der Waals surface area contributed by atoms with Crippen LogP contribution < -0.4 is 10.6 Å². The van der Waals surface area contributed by atoms with E-state index in [1.165, 1.54) is 24.3 Å². The second-order valence-electron chi connectivity index (χ2n) is 6.14. The summed E-state index contributed by atoms with van der Waals surface area (Å²) >= 11 is 0. The van der Waals surface area contributed by atoms with Crippen molar-refractivity contribution in [1.29, 1.82) is 0 Å². The number of nitrogens with two attached hydrogens (primary N) is 1. The molecule has 1 saturated heterocycles. The number of halogens is 4. The highest BCUT2D eigenvalue weighted by Crippen LogP contribution is 2.27. The first-order valence-corrected chi connectivity index (χ1v) is 8.41. The summed E-state index contributed by atoms with van der Waals surface area (Å²) in [6.45, 7) is 2.58.